The van der Waals surface area contributed by atoms with Crippen molar-refractivity contribution in [1.82, 2.24) is 0 Å². The van der Waals surface area contributed by atoms with E-state index in [2.05, 4.69) is 0 Å². The number of ketones is 1. The number of carbonyl (C=O) groups excluding carboxylic acids is 2. The summed E-state index contributed by atoms with van der Waals surface area (Å²) in [6.45, 7) is 0. The third-order valence-electron chi connectivity index (χ3n) is 2.72. The molecular formula is C16H12ClNO2. The van der Waals surface area contributed by atoms with E-state index >= 15 is 0 Å². The maximum Gasteiger partial charge on any atom is 0.241 e. The maximum absolute atomic E-state index is 12.4. The first kappa shape index (κ1) is 14.0. The number of halogens is 1. The molecule has 0 aliphatic carbocycles. The summed E-state index contributed by atoms with van der Waals surface area (Å²) in [6, 6.07) is 13.8. The van der Waals surface area contributed by atoms with Crippen LogP contribution in [0.5, 0.6) is 0 Å². The highest BCUT2D eigenvalue weighted by Crippen LogP contribution is 2.20. The van der Waals surface area contributed by atoms with Gasteiger partial charge in [0.2, 0.25) is 5.91 Å². The summed E-state index contributed by atoms with van der Waals surface area (Å²) >= 11 is 5.92. The summed E-state index contributed by atoms with van der Waals surface area (Å²) in [5.41, 5.74) is 6.68. The summed E-state index contributed by atoms with van der Waals surface area (Å²) in [6.07, 6.45) is 2.69. The van der Waals surface area contributed by atoms with E-state index in [1.165, 1.54) is 12.2 Å². The largest absolute Gasteiger partial charge is 0.366 e. The monoisotopic (exact) mass is 285 g/mol. The van der Waals surface area contributed by atoms with Crippen LogP contribution in [0.1, 0.15) is 21.5 Å². The number of amides is 1. The lowest BCUT2D eigenvalue weighted by Gasteiger charge is -2.06. The van der Waals surface area contributed by atoms with Crippen LogP contribution in [0, 0.1) is 0 Å². The molecule has 100 valence electrons. The fourth-order valence-corrected chi connectivity index (χ4v) is 1.98. The van der Waals surface area contributed by atoms with Crippen LogP contribution in [-0.4, -0.2) is 11.7 Å². The van der Waals surface area contributed by atoms with Crippen molar-refractivity contribution in [3.63, 3.8) is 0 Å². The van der Waals surface area contributed by atoms with Gasteiger partial charge in [-0.05, 0) is 29.8 Å². The SMILES string of the molecule is NC(=O)C=Cc1cc(Cl)ccc1C(=O)c1ccccc1. The average molecular weight is 286 g/mol. The van der Waals surface area contributed by atoms with Gasteiger partial charge in [-0.2, -0.15) is 0 Å². The number of primary amides is 1. The van der Waals surface area contributed by atoms with Gasteiger partial charge >= 0.3 is 0 Å². The Morgan fingerprint density at radius 1 is 1.05 bits per heavy atom. The summed E-state index contributed by atoms with van der Waals surface area (Å²) in [7, 11) is 0. The Morgan fingerprint density at radius 2 is 1.75 bits per heavy atom. The van der Waals surface area contributed by atoms with Crippen molar-refractivity contribution in [2.45, 2.75) is 0 Å². The molecule has 0 spiro atoms. The zero-order valence-electron chi connectivity index (χ0n) is 10.5. The third-order valence-corrected chi connectivity index (χ3v) is 2.96. The smallest absolute Gasteiger partial charge is 0.241 e. The fourth-order valence-electron chi connectivity index (χ4n) is 1.80. The van der Waals surface area contributed by atoms with Crippen molar-refractivity contribution in [3.8, 4) is 0 Å². The minimum Gasteiger partial charge on any atom is -0.366 e. The molecule has 3 nitrogen and oxygen atoms in total. The highest BCUT2D eigenvalue weighted by atomic mass is 35.5. The molecule has 0 unspecified atom stereocenters. The minimum absolute atomic E-state index is 0.133. The topological polar surface area (TPSA) is 60.2 Å². The summed E-state index contributed by atoms with van der Waals surface area (Å²) in [5.74, 6) is -0.713. The third kappa shape index (κ3) is 3.33. The summed E-state index contributed by atoms with van der Waals surface area (Å²) < 4.78 is 0. The number of carbonyl (C=O) groups is 2. The first-order chi connectivity index (χ1) is 9.58. The lowest BCUT2D eigenvalue weighted by molar-refractivity contribution is -0.113. The van der Waals surface area contributed by atoms with Crippen molar-refractivity contribution in [1.29, 1.82) is 0 Å². The van der Waals surface area contributed by atoms with Gasteiger partial charge in [0.15, 0.2) is 5.78 Å². The number of rotatable bonds is 4. The van der Waals surface area contributed by atoms with E-state index in [-0.39, 0.29) is 5.78 Å². The molecule has 0 saturated heterocycles. The average Bonchev–Trinajstić information content (AvgIpc) is 2.45. The van der Waals surface area contributed by atoms with Crippen LogP contribution in [0.3, 0.4) is 0 Å². The number of benzene rings is 2. The molecule has 0 bridgehead atoms. The minimum atomic E-state index is -0.580. The first-order valence-corrected chi connectivity index (χ1v) is 6.32. The molecule has 0 saturated carbocycles. The summed E-state index contributed by atoms with van der Waals surface area (Å²) in [5, 5.41) is 0.485. The number of nitrogens with two attached hydrogens (primary N) is 1. The van der Waals surface area contributed by atoms with Crippen LogP contribution in [0.4, 0.5) is 0 Å². The Labute approximate surface area is 121 Å². The molecule has 0 radical (unpaired) electrons. The van der Waals surface area contributed by atoms with Gasteiger partial charge in [-0.25, -0.2) is 0 Å². The van der Waals surface area contributed by atoms with Crippen LogP contribution in [-0.2, 0) is 4.79 Å². The summed E-state index contributed by atoms with van der Waals surface area (Å²) in [4.78, 5) is 23.3. The van der Waals surface area contributed by atoms with Gasteiger partial charge in [-0.1, -0.05) is 41.9 Å². The van der Waals surface area contributed by atoms with Gasteiger partial charge in [-0.15, -0.1) is 0 Å². The van der Waals surface area contributed by atoms with E-state index in [4.69, 9.17) is 17.3 Å². The zero-order valence-corrected chi connectivity index (χ0v) is 11.3. The molecule has 2 N–H and O–H groups in total. The Balaban J connectivity index is 2.46. The molecule has 4 heteroatoms. The van der Waals surface area contributed by atoms with Crippen molar-refractivity contribution in [2.75, 3.05) is 0 Å². The van der Waals surface area contributed by atoms with E-state index in [1.807, 2.05) is 6.07 Å². The van der Waals surface area contributed by atoms with Crippen LogP contribution < -0.4 is 5.73 Å². The highest BCUT2D eigenvalue weighted by molar-refractivity contribution is 6.31. The molecule has 2 rings (SSSR count). The van der Waals surface area contributed by atoms with Gasteiger partial charge < -0.3 is 5.73 Å². The lowest BCUT2D eigenvalue weighted by Crippen LogP contribution is -2.06. The van der Waals surface area contributed by atoms with E-state index in [1.54, 1.807) is 42.5 Å². The molecule has 0 aliphatic heterocycles. The van der Waals surface area contributed by atoms with Crippen molar-refractivity contribution >= 4 is 29.4 Å². The van der Waals surface area contributed by atoms with E-state index in [9.17, 15) is 9.59 Å². The highest BCUT2D eigenvalue weighted by Gasteiger charge is 2.12. The molecule has 0 atom stereocenters. The predicted molar refractivity (Wildman–Crippen MR) is 79.6 cm³/mol. The molecule has 0 heterocycles. The number of hydrogen-bond donors (Lipinski definition) is 1. The second kappa shape index (κ2) is 6.17. The Bertz CT molecular complexity index is 678. The molecule has 0 aliphatic rings. The normalized spacial score (nSPS) is 10.7. The van der Waals surface area contributed by atoms with Crippen molar-refractivity contribution in [3.05, 3.63) is 76.3 Å². The molecule has 2 aromatic rings. The fraction of sp³-hybridized carbons (Fsp3) is 0. The molecule has 0 aromatic heterocycles. The number of hydrogen-bond acceptors (Lipinski definition) is 2. The second-order valence-electron chi connectivity index (χ2n) is 4.16. The van der Waals surface area contributed by atoms with E-state index < -0.39 is 5.91 Å². The second-order valence-corrected chi connectivity index (χ2v) is 4.60. The van der Waals surface area contributed by atoms with Crippen LogP contribution in [0.15, 0.2) is 54.6 Å². The van der Waals surface area contributed by atoms with Gasteiger partial charge in [0, 0.05) is 22.2 Å². The Hall–Kier alpha value is -2.39. The van der Waals surface area contributed by atoms with Crippen LogP contribution >= 0.6 is 11.6 Å². The van der Waals surface area contributed by atoms with Gasteiger partial charge in [0.25, 0.3) is 0 Å². The Morgan fingerprint density at radius 3 is 2.40 bits per heavy atom. The predicted octanol–water partition coefficient (Wildman–Crippen LogP) is 3.07. The first-order valence-electron chi connectivity index (χ1n) is 5.95. The van der Waals surface area contributed by atoms with E-state index in [0.29, 0.717) is 21.7 Å². The van der Waals surface area contributed by atoms with E-state index in [0.717, 1.165) is 0 Å². The quantitative estimate of drug-likeness (QED) is 0.693. The Kier molecular flexibility index (Phi) is 4.33. The van der Waals surface area contributed by atoms with Gasteiger partial charge in [0.05, 0.1) is 0 Å². The lowest BCUT2D eigenvalue weighted by atomic mass is 9.98. The molecule has 1 amide bonds. The van der Waals surface area contributed by atoms with Crippen LogP contribution in [0.25, 0.3) is 6.08 Å². The molecular weight excluding hydrogens is 274 g/mol. The van der Waals surface area contributed by atoms with Crippen molar-refractivity contribution < 1.29 is 9.59 Å². The van der Waals surface area contributed by atoms with Crippen LogP contribution in [0.2, 0.25) is 5.02 Å². The molecule has 0 fully saturated rings. The zero-order chi connectivity index (χ0) is 14.5. The van der Waals surface area contributed by atoms with Gasteiger partial charge in [-0.3, -0.25) is 9.59 Å². The standard InChI is InChI=1S/C16H12ClNO2/c17-13-7-8-14(12(10-13)6-9-15(18)19)16(20)11-4-2-1-3-5-11/h1-10H,(H2,18,19). The van der Waals surface area contributed by atoms with Crippen molar-refractivity contribution in [2.24, 2.45) is 5.73 Å². The molecule has 20 heavy (non-hydrogen) atoms. The molecule has 2 aromatic carbocycles. The maximum atomic E-state index is 12.4. The van der Waals surface area contributed by atoms with Gasteiger partial charge in [0.1, 0.15) is 0 Å².